The van der Waals surface area contributed by atoms with Crippen molar-refractivity contribution in [2.45, 2.75) is 33.0 Å². The molecule has 0 radical (unpaired) electrons. The lowest BCUT2D eigenvalue weighted by molar-refractivity contribution is 0.0759. The summed E-state index contributed by atoms with van der Waals surface area (Å²) in [4.78, 5) is 0. The predicted octanol–water partition coefficient (Wildman–Crippen LogP) is 2.48. The van der Waals surface area contributed by atoms with Crippen molar-refractivity contribution < 1.29 is 10.2 Å². The highest BCUT2D eigenvalue weighted by Gasteiger charge is 2.20. The quantitative estimate of drug-likeness (QED) is 0.856. The first-order chi connectivity index (χ1) is 6.36. The highest BCUT2D eigenvalue weighted by atomic mass is 79.9. The standard InChI is InChI=1S/C11H15BrO2/c1-7-4-9(11(2,3)14)8(6-13)5-10(7)12/h4-5,13-14H,6H2,1-3H3. The maximum atomic E-state index is 9.89. The smallest absolute Gasteiger partial charge is 0.0844 e. The molecule has 0 spiro atoms. The van der Waals surface area contributed by atoms with Crippen LogP contribution in [0.5, 0.6) is 0 Å². The van der Waals surface area contributed by atoms with Gasteiger partial charge >= 0.3 is 0 Å². The minimum atomic E-state index is -0.913. The van der Waals surface area contributed by atoms with Crippen molar-refractivity contribution in [1.29, 1.82) is 0 Å². The van der Waals surface area contributed by atoms with Crippen LogP contribution in [-0.4, -0.2) is 10.2 Å². The van der Waals surface area contributed by atoms with Crippen LogP contribution < -0.4 is 0 Å². The lowest BCUT2D eigenvalue weighted by Gasteiger charge is -2.22. The third-order valence-electron chi connectivity index (χ3n) is 2.21. The van der Waals surface area contributed by atoms with Gasteiger partial charge in [-0.25, -0.2) is 0 Å². The molecule has 0 heterocycles. The molecule has 78 valence electrons. The second-order valence-corrected chi connectivity index (χ2v) is 4.83. The molecule has 0 saturated heterocycles. The van der Waals surface area contributed by atoms with E-state index in [9.17, 15) is 5.11 Å². The highest BCUT2D eigenvalue weighted by molar-refractivity contribution is 9.10. The van der Waals surface area contributed by atoms with Crippen LogP contribution in [0.15, 0.2) is 16.6 Å². The van der Waals surface area contributed by atoms with Gasteiger partial charge in [-0.2, -0.15) is 0 Å². The zero-order valence-corrected chi connectivity index (χ0v) is 10.2. The fraction of sp³-hybridized carbons (Fsp3) is 0.455. The second kappa shape index (κ2) is 4.01. The van der Waals surface area contributed by atoms with Crippen molar-refractivity contribution in [2.75, 3.05) is 0 Å². The lowest BCUT2D eigenvalue weighted by Crippen LogP contribution is -2.18. The summed E-state index contributed by atoms with van der Waals surface area (Å²) in [6.07, 6.45) is 0. The Morgan fingerprint density at radius 1 is 1.36 bits per heavy atom. The zero-order chi connectivity index (χ0) is 10.9. The zero-order valence-electron chi connectivity index (χ0n) is 8.63. The van der Waals surface area contributed by atoms with Gasteiger partial charge in [0.25, 0.3) is 0 Å². The molecule has 0 aliphatic rings. The molecule has 0 amide bonds. The minimum absolute atomic E-state index is 0.0573. The van der Waals surface area contributed by atoms with Crippen molar-refractivity contribution in [3.8, 4) is 0 Å². The van der Waals surface area contributed by atoms with E-state index in [1.807, 2.05) is 19.1 Å². The van der Waals surface area contributed by atoms with Gasteiger partial charge < -0.3 is 10.2 Å². The van der Waals surface area contributed by atoms with Gasteiger partial charge in [0.2, 0.25) is 0 Å². The van der Waals surface area contributed by atoms with Crippen LogP contribution in [0.1, 0.15) is 30.5 Å². The first kappa shape index (κ1) is 11.7. The van der Waals surface area contributed by atoms with E-state index in [4.69, 9.17) is 5.11 Å². The van der Waals surface area contributed by atoms with Gasteiger partial charge in [0.1, 0.15) is 0 Å². The third-order valence-corrected chi connectivity index (χ3v) is 3.07. The molecule has 0 saturated carbocycles. The summed E-state index contributed by atoms with van der Waals surface area (Å²) in [6.45, 7) is 5.34. The number of aryl methyl sites for hydroxylation is 1. The Kier molecular flexibility index (Phi) is 3.35. The van der Waals surface area contributed by atoms with Crippen molar-refractivity contribution in [1.82, 2.24) is 0 Å². The minimum Gasteiger partial charge on any atom is -0.392 e. The number of hydrogen-bond donors (Lipinski definition) is 2. The van der Waals surface area contributed by atoms with Crippen molar-refractivity contribution in [2.24, 2.45) is 0 Å². The summed E-state index contributed by atoms with van der Waals surface area (Å²) in [7, 11) is 0. The molecule has 2 nitrogen and oxygen atoms in total. The summed E-state index contributed by atoms with van der Waals surface area (Å²) >= 11 is 3.40. The van der Waals surface area contributed by atoms with E-state index >= 15 is 0 Å². The van der Waals surface area contributed by atoms with Crippen LogP contribution in [0.4, 0.5) is 0 Å². The van der Waals surface area contributed by atoms with Gasteiger partial charge in [-0.3, -0.25) is 0 Å². The number of aliphatic hydroxyl groups excluding tert-OH is 1. The third kappa shape index (κ3) is 2.35. The van der Waals surface area contributed by atoms with E-state index in [-0.39, 0.29) is 6.61 Å². The van der Waals surface area contributed by atoms with Gasteiger partial charge in [-0.15, -0.1) is 0 Å². The summed E-state index contributed by atoms with van der Waals surface area (Å²) < 4.78 is 0.953. The fourth-order valence-electron chi connectivity index (χ4n) is 1.42. The Morgan fingerprint density at radius 2 is 1.93 bits per heavy atom. The first-order valence-corrected chi connectivity index (χ1v) is 5.28. The van der Waals surface area contributed by atoms with Crippen LogP contribution in [0, 0.1) is 6.92 Å². The monoisotopic (exact) mass is 258 g/mol. The Hall–Kier alpha value is -0.380. The number of aliphatic hydroxyl groups is 2. The van der Waals surface area contributed by atoms with Gasteiger partial charge in [-0.05, 0) is 43.5 Å². The Bertz CT molecular complexity index is 340. The van der Waals surface area contributed by atoms with E-state index < -0.39 is 5.60 Å². The molecule has 14 heavy (non-hydrogen) atoms. The van der Waals surface area contributed by atoms with Crippen LogP contribution in [0.25, 0.3) is 0 Å². The molecule has 1 aromatic carbocycles. The number of hydrogen-bond acceptors (Lipinski definition) is 2. The number of rotatable bonds is 2. The molecule has 0 aliphatic heterocycles. The van der Waals surface area contributed by atoms with E-state index in [1.165, 1.54) is 0 Å². The van der Waals surface area contributed by atoms with Crippen molar-refractivity contribution in [3.05, 3.63) is 33.3 Å². The molecule has 0 fully saturated rings. The van der Waals surface area contributed by atoms with Crippen LogP contribution in [0.2, 0.25) is 0 Å². The molecule has 2 N–H and O–H groups in total. The van der Waals surface area contributed by atoms with Crippen molar-refractivity contribution in [3.63, 3.8) is 0 Å². The fourth-order valence-corrected chi connectivity index (χ4v) is 1.81. The van der Waals surface area contributed by atoms with Crippen LogP contribution in [-0.2, 0) is 12.2 Å². The van der Waals surface area contributed by atoms with Gasteiger partial charge in [0, 0.05) is 4.47 Å². The molecule has 1 aromatic rings. The van der Waals surface area contributed by atoms with E-state index in [1.54, 1.807) is 13.8 Å². The summed E-state index contributed by atoms with van der Waals surface area (Å²) in [6, 6.07) is 3.75. The number of benzene rings is 1. The molecule has 0 atom stereocenters. The van der Waals surface area contributed by atoms with E-state index in [0.717, 1.165) is 21.2 Å². The molecular weight excluding hydrogens is 244 g/mol. The normalized spacial score (nSPS) is 11.9. The molecule has 0 unspecified atom stereocenters. The van der Waals surface area contributed by atoms with Gasteiger partial charge in [0.05, 0.1) is 12.2 Å². The number of halogens is 1. The van der Waals surface area contributed by atoms with Crippen LogP contribution >= 0.6 is 15.9 Å². The Labute approximate surface area is 92.7 Å². The highest BCUT2D eigenvalue weighted by Crippen LogP contribution is 2.29. The summed E-state index contributed by atoms with van der Waals surface area (Å²) in [5, 5.41) is 19.1. The van der Waals surface area contributed by atoms with Gasteiger partial charge in [0.15, 0.2) is 0 Å². The molecule has 3 heteroatoms. The summed E-state index contributed by atoms with van der Waals surface area (Å²) in [5.74, 6) is 0. The first-order valence-electron chi connectivity index (χ1n) is 4.49. The Balaban J connectivity index is 3.35. The largest absolute Gasteiger partial charge is 0.392 e. The Morgan fingerprint density at radius 3 is 2.36 bits per heavy atom. The predicted molar refractivity (Wildman–Crippen MR) is 60.0 cm³/mol. The van der Waals surface area contributed by atoms with Crippen LogP contribution in [0.3, 0.4) is 0 Å². The molecule has 0 aliphatic carbocycles. The SMILES string of the molecule is Cc1cc(C(C)(C)O)c(CO)cc1Br. The average Bonchev–Trinajstić information content (AvgIpc) is 2.07. The molecule has 0 bridgehead atoms. The maximum absolute atomic E-state index is 9.89. The van der Waals surface area contributed by atoms with Crippen molar-refractivity contribution >= 4 is 15.9 Å². The maximum Gasteiger partial charge on any atom is 0.0844 e. The van der Waals surface area contributed by atoms with E-state index in [2.05, 4.69) is 15.9 Å². The molecule has 0 aromatic heterocycles. The molecule has 1 rings (SSSR count). The lowest BCUT2D eigenvalue weighted by atomic mass is 9.92. The summed E-state index contributed by atoms with van der Waals surface area (Å²) in [5.41, 5.74) is 1.68. The van der Waals surface area contributed by atoms with E-state index in [0.29, 0.717) is 0 Å². The topological polar surface area (TPSA) is 40.5 Å². The average molecular weight is 259 g/mol. The molecular formula is C11H15BrO2. The van der Waals surface area contributed by atoms with Gasteiger partial charge in [-0.1, -0.05) is 22.0 Å². The second-order valence-electron chi connectivity index (χ2n) is 3.98.